The molecule has 0 amide bonds. The molecule has 0 radical (unpaired) electrons. The van der Waals surface area contributed by atoms with E-state index >= 15 is 0 Å². The van der Waals surface area contributed by atoms with Crippen LogP contribution >= 0.6 is 11.6 Å². The number of methoxy groups -OCH3 is 1. The zero-order chi connectivity index (χ0) is 23.8. The summed E-state index contributed by atoms with van der Waals surface area (Å²) in [7, 11) is -2.57. The highest BCUT2D eigenvalue weighted by molar-refractivity contribution is 7.89. The number of carbonyl (C=O) groups is 1. The molecule has 3 aromatic rings. The van der Waals surface area contributed by atoms with Crippen molar-refractivity contribution in [1.29, 1.82) is 0 Å². The lowest BCUT2D eigenvalue weighted by molar-refractivity contribution is -0.136. The largest absolute Gasteiger partial charge is 0.466 e. The second-order valence-corrected chi connectivity index (χ2v) is 10.4. The van der Waals surface area contributed by atoms with Crippen molar-refractivity contribution in [1.82, 2.24) is 4.31 Å². The molecule has 33 heavy (non-hydrogen) atoms. The maximum atomic E-state index is 13.6. The average Bonchev–Trinajstić information content (AvgIpc) is 3.55. The summed E-state index contributed by atoms with van der Waals surface area (Å²) in [6, 6.07) is 20.1. The van der Waals surface area contributed by atoms with Gasteiger partial charge in [0, 0.05) is 5.02 Å². The van der Waals surface area contributed by atoms with Gasteiger partial charge in [0.05, 0.1) is 29.7 Å². The Morgan fingerprint density at radius 2 is 1.45 bits per heavy atom. The van der Waals surface area contributed by atoms with E-state index in [0.29, 0.717) is 5.02 Å². The van der Waals surface area contributed by atoms with Gasteiger partial charge in [-0.05, 0) is 55.3 Å². The third kappa shape index (κ3) is 4.74. The first-order valence-electron chi connectivity index (χ1n) is 10.4. The first-order valence-corrected chi connectivity index (χ1v) is 12.3. The van der Waals surface area contributed by atoms with Crippen LogP contribution in [0.5, 0.6) is 0 Å². The van der Waals surface area contributed by atoms with Crippen molar-refractivity contribution >= 4 is 33.7 Å². The van der Waals surface area contributed by atoms with E-state index in [2.05, 4.69) is 0 Å². The van der Waals surface area contributed by atoms with Crippen LogP contribution in [0.3, 0.4) is 0 Å². The number of halogens is 1. The van der Waals surface area contributed by atoms with E-state index in [4.69, 9.17) is 16.3 Å². The summed E-state index contributed by atoms with van der Waals surface area (Å²) in [4.78, 5) is 13.0. The fraction of sp³-hybridized carbons (Fsp3) is 0.192. The van der Waals surface area contributed by atoms with E-state index in [9.17, 15) is 13.2 Å². The van der Waals surface area contributed by atoms with Crippen LogP contribution in [0.25, 0.3) is 6.08 Å². The van der Waals surface area contributed by atoms with Crippen LogP contribution in [-0.2, 0) is 19.6 Å². The molecule has 1 aliphatic rings. The molecule has 0 bridgehead atoms. The predicted octanol–water partition coefficient (Wildman–Crippen LogP) is 5.33. The molecule has 0 aromatic heterocycles. The van der Waals surface area contributed by atoms with Crippen molar-refractivity contribution < 1.29 is 17.9 Å². The molecule has 1 unspecified atom stereocenters. The van der Waals surface area contributed by atoms with Gasteiger partial charge >= 0.3 is 5.97 Å². The van der Waals surface area contributed by atoms with Gasteiger partial charge in [0.2, 0.25) is 10.0 Å². The highest BCUT2D eigenvalue weighted by Gasteiger charge is 2.59. The number of esters is 1. The fourth-order valence-corrected chi connectivity index (χ4v) is 5.72. The number of hydrogen-bond acceptors (Lipinski definition) is 4. The number of hydrogen-bond donors (Lipinski definition) is 0. The second-order valence-electron chi connectivity index (χ2n) is 8.09. The summed E-state index contributed by atoms with van der Waals surface area (Å²) in [5.74, 6) is -0.575. The lowest BCUT2D eigenvalue weighted by Crippen LogP contribution is -2.19. The first kappa shape index (κ1) is 23.2. The summed E-state index contributed by atoms with van der Waals surface area (Å²) >= 11 is 5.99. The molecule has 5 nitrogen and oxygen atoms in total. The Hall–Kier alpha value is -2.93. The molecule has 3 aromatic carbocycles. The summed E-state index contributed by atoms with van der Waals surface area (Å²) in [5, 5.41) is 0.569. The Morgan fingerprint density at radius 1 is 0.909 bits per heavy atom. The van der Waals surface area contributed by atoms with Crippen molar-refractivity contribution in [2.24, 2.45) is 0 Å². The van der Waals surface area contributed by atoms with Gasteiger partial charge in [-0.25, -0.2) is 13.2 Å². The molecule has 1 heterocycles. The highest BCUT2D eigenvalue weighted by atomic mass is 35.5. The topological polar surface area (TPSA) is 63.5 Å². The van der Waals surface area contributed by atoms with E-state index in [0.717, 1.165) is 22.3 Å². The van der Waals surface area contributed by atoms with Gasteiger partial charge in [-0.3, -0.25) is 0 Å². The van der Waals surface area contributed by atoms with E-state index in [1.54, 1.807) is 54.6 Å². The van der Waals surface area contributed by atoms with Crippen LogP contribution in [0.15, 0.2) is 83.3 Å². The molecule has 4 rings (SSSR count). The lowest BCUT2D eigenvalue weighted by Gasteiger charge is -2.09. The lowest BCUT2D eigenvalue weighted by atomic mass is 10.0. The predicted molar refractivity (Wildman–Crippen MR) is 129 cm³/mol. The van der Waals surface area contributed by atoms with Crippen LogP contribution in [0.1, 0.15) is 28.3 Å². The molecule has 7 heteroatoms. The van der Waals surface area contributed by atoms with E-state index in [1.807, 2.05) is 38.1 Å². The smallest absolute Gasteiger partial charge is 0.335 e. The minimum Gasteiger partial charge on any atom is -0.466 e. The summed E-state index contributed by atoms with van der Waals surface area (Å²) in [6.07, 6.45) is 1.67. The van der Waals surface area contributed by atoms with Gasteiger partial charge in [0.15, 0.2) is 0 Å². The average molecular weight is 482 g/mol. The minimum absolute atomic E-state index is 0.184. The number of carbonyl (C=O) groups excluding carboxylic acids is 1. The summed E-state index contributed by atoms with van der Waals surface area (Å²) in [6.45, 7) is 3.87. The molecule has 1 aliphatic heterocycles. The molecule has 3 atom stereocenters. The van der Waals surface area contributed by atoms with Gasteiger partial charge in [0.25, 0.3) is 0 Å². The highest BCUT2D eigenvalue weighted by Crippen LogP contribution is 2.51. The van der Waals surface area contributed by atoms with Crippen LogP contribution in [0, 0.1) is 13.8 Å². The number of aryl methyl sites for hydroxylation is 2. The Balaban J connectivity index is 1.82. The molecular weight excluding hydrogens is 458 g/mol. The molecule has 1 saturated heterocycles. The van der Waals surface area contributed by atoms with Crippen LogP contribution in [0.2, 0.25) is 5.02 Å². The monoisotopic (exact) mass is 481 g/mol. The maximum Gasteiger partial charge on any atom is 0.335 e. The number of nitrogens with zero attached hydrogens (tertiary/aromatic N) is 1. The number of rotatable bonds is 6. The van der Waals surface area contributed by atoms with Crippen molar-refractivity contribution in [3.05, 3.63) is 106 Å². The van der Waals surface area contributed by atoms with Gasteiger partial charge in [-0.2, -0.15) is 4.31 Å². The molecule has 0 N–H and O–H groups in total. The summed E-state index contributed by atoms with van der Waals surface area (Å²) in [5.41, 5.74) is 3.83. The van der Waals surface area contributed by atoms with Gasteiger partial charge in [0.1, 0.15) is 0 Å². The first-order chi connectivity index (χ1) is 15.7. The zero-order valence-electron chi connectivity index (χ0n) is 18.5. The van der Waals surface area contributed by atoms with Crippen molar-refractivity contribution in [3.63, 3.8) is 0 Å². The van der Waals surface area contributed by atoms with Crippen LogP contribution < -0.4 is 0 Å². The zero-order valence-corrected chi connectivity index (χ0v) is 20.1. The van der Waals surface area contributed by atoms with E-state index in [1.165, 1.54) is 11.4 Å². The number of sulfonamides is 1. The normalized spacial score (nSPS) is 20.4. The summed E-state index contributed by atoms with van der Waals surface area (Å²) < 4.78 is 33.6. The van der Waals surface area contributed by atoms with E-state index < -0.39 is 28.1 Å². The molecule has 0 saturated carbocycles. The fourth-order valence-electron chi connectivity index (χ4n) is 3.86. The molecular formula is C26H24ClNO4S. The van der Waals surface area contributed by atoms with Gasteiger partial charge < -0.3 is 4.74 Å². The Morgan fingerprint density at radius 3 is 2.00 bits per heavy atom. The Bertz CT molecular complexity index is 1300. The molecule has 170 valence electrons. The molecule has 0 spiro atoms. The SMILES string of the molecule is COC(=O)/C(=C/c1ccc(Cl)cc1)[C@@H]1[C@H](c2ccc(C)cc2)N1S(=O)(=O)c1ccc(C)cc1. The third-order valence-electron chi connectivity index (χ3n) is 5.70. The van der Waals surface area contributed by atoms with E-state index in [-0.39, 0.29) is 10.5 Å². The number of benzene rings is 3. The van der Waals surface area contributed by atoms with Crippen LogP contribution in [0.4, 0.5) is 0 Å². The Kier molecular flexibility index (Phi) is 6.43. The quantitative estimate of drug-likeness (QED) is 0.271. The maximum absolute atomic E-state index is 13.6. The van der Waals surface area contributed by atoms with Gasteiger partial charge in [-0.1, -0.05) is 71.3 Å². The molecule has 0 aliphatic carbocycles. The van der Waals surface area contributed by atoms with Gasteiger partial charge in [-0.15, -0.1) is 0 Å². The standard InChI is InChI=1S/C26H24ClNO4S/c1-17-4-10-20(11-5-17)24-25(28(24)33(30,31)22-14-6-18(2)7-15-22)23(26(29)32-3)16-19-8-12-21(27)13-9-19/h4-16,24-25H,1-3H3/b23-16+/t24-,25+,28?/m0/s1. The molecule has 1 fully saturated rings. The minimum atomic E-state index is -3.86. The van der Waals surface area contributed by atoms with Crippen molar-refractivity contribution in [2.45, 2.75) is 30.8 Å². The Labute approximate surface area is 199 Å². The second kappa shape index (κ2) is 9.14. The van der Waals surface area contributed by atoms with Crippen molar-refractivity contribution in [2.75, 3.05) is 7.11 Å². The van der Waals surface area contributed by atoms with Crippen molar-refractivity contribution in [3.8, 4) is 0 Å². The van der Waals surface area contributed by atoms with Crippen LogP contribution in [-0.4, -0.2) is 31.8 Å². The number of ether oxygens (including phenoxy) is 1. The third-order valence-corrected chi connectivity index (χ3v) is 7.83.